The first-order valence-electron chi connectivity index (χ1n) is 8.04. The van der Waals surface area contributed by atoms with E-state index in [1.807, 2.05) is 36.4 Å². The molecule has 0 bridgehead atoms. The lowest BCUT2D eigenvalue weighted by molar-refractivity contribution is -0.119. The fourth-order valence-corrected chi connectivity index (χ4v) is 3.59. The molecule has 1 heterocycles. The molecule has 3 nitrogen and oxygen atoms in total. The third-order valence-corrected chi connectivity index (χ3v) is 5.14. The number of hydrogen-bond acceptors (Lipinski definition) is 4. The summed E-state index contributed by atoms with van der Waals surface area (Å²) in [5.41, 5.74) is 1.96. The maximum atomic E-state index is 11.7. The van der Waals surface area contributed by atoms with Gasteiger partial charge in [-0.3, -0.25) is 9.59 Å². The molecule has 128 valence electrons. The SMILES string of the molecule is O=C1CC(=O)/C(=C/c2cccc(OCCCc3ccccc3)c2Cl)S1. The summed E-state index contributed by atoms with van der Waals surface area (Å²) in [7, 11) is 0. The third kappa shape index (κ3) is 4.74. The minimum Gasteiger partial charge on any atom is -0.492 e. The first-order valence-corrected chi connectivity index (χ1v) is 9.24. The number of allylic oxidation sites excluding steroid dienone is 1. The second kappa shape index (κ2) is 8.37. The highest BCUT2D eigenvalue weighted by atomic mass is 35.5. The molecule has 1 aliphatic heterocycles. The van der Waals surface area contributed by atoms with Gasteiger partial charge in [0.2, 0.25) is 5.12 Å². The molecule has 0 amide bonds. The summed E-state index contributed by atoms with van der Waals surface area (Å²) in [6.07, 6.45) is 3.45. The zero-order chi connectivity index (χ0) is 17.6. The lowest BCUT2D eigenvalue weighted by Gasteiger charge is -2.10. The molecule has 1 saturated heterocycles. The van der Waals surface area contributed by atoms with Crippen molar-refractivity contribution in [3.05, 3.63) is 69.6 Å². The molecular formula is C20H17ClO3S. The van der Waals surface area contributed by atoms with Gasteiger partial charge in [0.1, 0.15) is 5.75 Å². The zero-order valence-electron chi connectivity index (χ0n) is 13.5. The van der Waals surface area contributed by atoms with Gasteiger partial charge in [0.15, 0.2) is 5.78 Å². The van der Waals surface area contributed by atoms with Crippen molar-refractivity contribution in [3.8, 4) is 5.75 Å². The maximum Gasteiger partial charge on any atom is 0.201 e. The molecular weight excluding hydrogens is 356 g/mol. The number of halogens is 1. The van der Waals surface area contributed by atoms with Crippen LogP contribution in [0.25, 0.3) is 6.08 Å². The van der Waals surface area contributed by atoms with E-state index < -0.39 is 0 Å². The Hall–Kier alpha value is -2.04. The van der Waals surface area contributed by atoms with E-state index in [2.05, 4.69) is 12.1 Å². The molecule has 2 aromatic carbocycles. The second-order valence-corrected chi connectivity index (χ2v) is 7.16. The van der Waals surface area contributed by atoms with Gasteiger partial charge in [-0.05, 0) is 47.9 Å². The van der Waals surface area contributed by atoms with Crippen molar-refractivity contribution in [2.24, 2.45) is 0 Å². The van der Waals surface area contributed by atoms with Crippen LogP contribution >= 0.6 is 23.4 Å². The van der Waals surface area contributed by atoms with Crippen molar-refractivity contribution >= 4 is 40.3 Å². The molecule has 1 fully saturated rings. The lowest BCUT2D eigenvalue weighted by atomic mass is 10.1. The monoisotopic (exact) mass is 372 g/mol. The molecule has 0 aliphatic carbocycles. The van der Waals surface area contributed by atoms with Gasteiger partial charge in [0, 0.05) is 0 Å². The van der Waals surface area contributed by atoms with E-state index in [0.29, 0.717) is 27.8 Å². The predicted molar refractivity (Wildman–Crippen MR) is 102 cm³/mol. The summed E-state index contributed by atoms with van der Waals surface area (Å²) >= 11 is 7.37. The van der Waals surface area contributed by atoms with Crippen LogP contribution in [0.2, 0.25) is 5.02 Å². The van der Waals surface area contributed by atoms with E-state index in [9.17, 15) is 9.59 Å². The molecule has 1 aliphatic rings. The average molecular weight is 373 g/mol. The number of ketones is 1. The smallest absolute Gasteiger partial charge is 0.201 e. The van der Waals surface area contributed by atoms with Crippen LogP contribution in [0.1, 0.15) is 24.0 Å². The Labute approximate surface area is 156 Å². The minimum absolute atomic E-state index is 0.0379. The molecule has 2 aromatic rings. The maximum absolute atomic E-state index is 11.7. The number of ether oxygens (including phenoxy) is 1. The van der Waals surface area contributed by atoms with Gasteiger partial charge < -0.3 is 4.74 Å². The summed E-state index contributed by atoms with van der Waals surface area (Å²) in [6, 6.07) is 15.7. The van der Waals surface area contributed by atoms with Crippen molar-refractivity contribution < 1.29 is 14.3 Å². The molecule has 25 heavy (non-hydrogen) atoms. The van der Waals surface area contributed by atoms with Crippen molar-refractivity contribution in [2.75, 3.05) is 6.61 Å². The Morgan fingerprint density at radius 1 is 1.08 bits per heavy atom. The van der Waals surface area contributed by atoms with Gasteiger partial charge in [-0.1, -0.05) is 54.1 Å². The van der Waals surface area contributed by atoms with Crippen LogP contribution in [0, 0.1) is 0 Å². The molecule has 5 heteroatoms. The number of aryl methyl sites for hydroxylation is 1. The van der Waals surface area contributed by atoms with Gasteiger partial charge in [-0.2, -0.15) is 0 Å². The van der Waals surface area contributed by atoms with Crippen molar-refractivity contribution in [2.45, 2.75) is 19.3 Å². The zero-order valence-corrected chi connectivity index (χ0v) is 15.1. The number of rotatable bonds is 6. The van der Waals surface area contributed by atoms with Crippen LogP contribution in [0.4, 0.5) is 0 Å². The van der Waals surface area contributed by atoms with Gasteiger partial charge in [-0.25, -0.2) is 0 Å². The van der Waals surface area contributed by atoms with Crippen LogP contribution in [0.15, 0.2) is 53.4 Å². The van der Waals surface area contributed by atoms with Crippen molar-refractivity contribution in [1.82, 2.24) is 0 Å². The quantitative estimate of drug-likeness (QED) is 0.410. The molecule has 0 spiro atoms. The number of hydrogen-bond donors (Lipinski definition) is 0. The van der Waals surface area contributed by atoms with E-state index in [4.69, 9.17) is 16.3 Å². The Morgan fingerprint density at radius 3 is 2.60 bits per heavy atom. The van der Waals surface area contributed by atoms with E-state index in [-0.39, 0.29) is 17.3 Å². The molecule has 0 saturated carbocycles. The highest BCUT2D eigenvalue weighted by molar-refractivity contribution is 8.18. The van der Waals surface area contributed by atoms with Crippen molar-refractivity contribution in [1.29, 1.82) is 0 Å². The topological polar surface area (TPSA) is 43.4 Å². The number of carbonyl (C=O) groups is 2. The lowest BCUT2D eigenvalue weighted by Crippen LogP contribution is -2.00. The van der Waals surface area contributed by atoms with Crippen LogP contribution in [-0.4, -0.2) is 17.5 Å². The van der Waals surface area contributed by atoms with E-state index in [1.165, 1.54) is 5.56 Å². The highest BCUT2D eigenvalue weighted by Gasteiger charge is 2.26. The number of benzene rings is 2. The standard InChI is InChI=1S/C20H17ClO3S/c21-20-15(12-18-16(22)13-19(23)25-18)9-4-10-17(20)24-11-5-8-14-6-2-1-3-7-14/h1-4,6-7,9-10,12H,5,8,11,13H2/b18-12-. The molecule has 3 rings (SSSR count). The van der Waals surface area contributed by atoms with Gasteiger partial charge in [-0.15, -0.1) is 0 Å². The largest absolute Gasteiger partial charge is 0.492 e. The summed E-state index contributed by atoms with van der Waals surface area (Å²) in [4.78, 5) is 23.5. The van der Waals surface area contributed by atoms with Crippen LogP contribution in [0.3, 0.4) is 0 Å². The molecule has 0 N–H and O–H groups in total. The number of Topliss-reactive ketones (excluding diaryl/α,β-unsaturated/α-hetero) is 1. The Morgan fingerprint density at radius 2 is 1.88 bits per heavy atom. The van der Waals surface area contributed by atoms with Gasteiger partial charge in [0.25, 0.3) is 0 Å². The fourth-order valence-electron chi connectivity index (χ4n) is 2.54. The van der Waals surface area contributed by atoms with Gasteiger partial charge >= 0.3 is 0 Å². The average Bonchev–Trinajstić information content (AvgIpc) is 2.93. The first-order chi connectivity index (χ1) is 12.1. The van der Waals surface area contributed by atoms with E-state index in [0.717, 1.165) is 24.6 Å². The Kier molecular flexibility index (Phi) is 5.95. The summed E-state index contributed by atoms with van der Waals surface area (Å²) < 4.78 is 5.79. The Balaban J connectivity index is 1.62. The molecule has 0 atom stereocenters. The highest BCUT2D eigenvalue weighted by Crippen LogP contribution is 2.35. The predicted octanol–water partition coefficient (Wildman–Crippen LogP) is 4.93. The minimum atomic E-state index is -0.153. The van der Waals surface area contributed by atoms with E-state index >= 15 is 0 Å². The summed E-state index contributed by atoms with van der Waals surface area (Å²) in [5, 5.41) is 0.336. The van der Waals surface area contributed by atoms with Crippen LogP contribution < -0.4 is 4.74 Å². The summed E-state index contributed by atoms with van der Waals surface area (Å²) in [5.74, 6) is 0.436. The molecule has 0 unspecified atom stereocenters. The van der Waals surface area contributed by atoms with Gasteiger partial charge in [0.05, 0.1) is 23.0 Å². The fraction of sp³-hybridized carbons (Fsp3) is 0.200. The second-order valence-electron chi connectivity index (χ2n) is 5.68. The van der Waals surface area contributed by atoms with Crippen LogP contribution in [0.5, 0.6) is 5.75 Å². The van der Waals surface area contributed by atoms with E-state index in [1.54, 1.807) is 6.08 Å². The third-order valence-electron chi connectivity index (χ3n) is 3.79. The molecule has 0 aromatic heterocycles. The number of carbonyl (C=O) groups excluding carboxylic acids is 2. The van der Waals surface area contributed by atoms with Crippen LogP contribution in [-0.2, 0) is 16.0 Å². The normalized spacial score (nSPS) is 15.8. The number of thioether (sulfide) groups is 1. The first kappa shape index (κ1) is 17.8. The Bertz CT molecular complexity index is 815. The van der Waals surface area contributed by atoms with Crippen molar-refractivity contribution in [3.63, 3.8) is 0 Å². The molecule has 0 radical (unpaired) electrons. The summed E-state index contributed by atoms with van der Waals surface area (Å²) in [6.45, 7) is 0.556.